The molecule has 0 aliphatic heterocycles. The number of ketones is 1. The highest BCUT2D eigenvalue weighted by Gasteiger charge is 2.36. The van der Waals surface area contributed by atoms with Gasteiger partial charge >= 0.3 is 0 Å². The van der Waals surface area contributed by atoms with E-state index < -0.39 is 0 Å². The molecule has 21 heavy (non-hydrogen) atoms. The Morgan fingerprint density at radius 3 is 1.95 bits per heavy atom. The number of aliphatic hydroxyl groups is 1. The molecule has 7 heteroatoms. The number of halogens is 4. The summed E-state index contributed by atoms with van der Waals surface area (Å²) in [5.74, 6) is -0.0526. The average Bonchev–Trinajstić information content (AvgIpc) is 2.75. The molecule has 0 saturated heterocycles. The minimum Gasteiger partial charge on any atom is -0.506 e. The zero-order chi connectivity index (χ0) is 15.3. The maximum absolute atomic E-state index is 12.8. The third-order valence-corrected chi connectivity index (χ3v) is 10.6. The van der Waals surface area contributed by atoms with E-state index in [2.05, 4.69) is 95.3 Å². The summed E-state index contributed by atoms with van der Waals surface area (Å²) in [4.78, 5) is 16.8. The Morgan fingerprint density at radius 1 is 0.857 bits per heavy atom. The van der Waals surface area contributed by atoms with E-state index in [-0.39, 0.29) is 11.5 Å². The normalized spacial score (nSPS) is 13.8. The molecule has 1 aromatic heterocycles. The Bertz CT molecular complexity index is 816. The van der Waals surface area contributed by atoms with Crippen molar-refractivity contribution in [2.45, 2.75) is 0 Å². The van der Waals surface area contributed by atoms with Gasteiger partial charge in [0.25, 0.3) is 0 Å². The van der Waals surface area contributed by atoms with Gasteiger partial charge in [0.05, 0.1) is 5.57 Å². The molecule has 1 aromatic carbocycles. The van der Waals surface area contributed by atoms with Crippen LogP contribution < -0.4 is 0 Å². The van der Waals surface area contributed by atoms with Crippen molar-refractivity contribution in [3.05, 3.63) is 55.5 Å². The van der Waals surface area contributed by atoms with Gasteiger partial charge in [0.15, 0.2) is 5.78 Å². The minimum atomic E-state index is -0.120. The molecule has 0 radical (unpaired) electrons. The minimum absolute atomic E-state index is 0.0674. The summed E-state index contributed by atoms with van der Waals surface area (Å²) in [6.07, 6.45) is 3.24. The highest BCUT2D eigenvalue weighted by Crippen LogP contribution is 2.44. The zero-order valence-electron chi connectivity index (χ0n) is 10.1. The predicted molar refractivity (Wildman–Crippen MR) is 115 cm³/mol. The van der Waals surface area contributed by atoms with Gasteiger partial charge in [-0.05, 0) is 108 Å². The molecule has 106 valence electrons. The van der Waals surface area contributed by atoms with E-state index in [1.807, 2.05) is 0 Å². The standard InChI is InChI=1S/C14H5I4NO2/c15-9-7-8(10(16)12(18)11(9)17)14(21)6(13(7)20)5-1-3-19-4-2-5/h1-4,20H. The summed E-state index contributed by atoms with van der Waals surface area (Å²) in [5, 5.41) is 10.6. The van der Waals surface area contributed by atoms with Gasteiger partial charge in [0.1, 0.15) is 5.76 Å². The van der Waals surface area contributed by atoms with Crippen LogP contribution in [0.2, 0.25) is 0 Å². The van der Waals surface area contributed by atoms with Crippen LogP contribution in [0, 0.1) is 14.3 Å². The van der Waals surface area contributed by atoms with Gasteiger partial charge in [-0.2, -0.15) is 0 Å². The van der Waals surface area contributed by atoms with Crippen LogP contribution in [0.3, 0.4) is 0 Å². The second kappa shape index (κ2) is 6.19. The maximum atomic E-state index is 12.8. The number of nitrogens with zero attached hydrogens (tertiary/aromatic N) is 1. The number of aliphatic hydroxyl groups excluding tert-OH is 1. The van der Waals surface area contributed by atoms with Crippen LogP contribution in [0.1, 0.15) is 21.5 Å². The molecule has 1 aliphatic rings. The second-order valence-electron chi connectivity index (χ2n) is 4.29. The molecule has 1 N–H and O–H groups in total. The number of hydrogen-bond donors (Lipinski definition) is 1. The lowest BCUT2D eigenvalue weighted by Crippen LogP contribution is -2.06. The molecule has 2 aromatic rings. The number of carbonyl (C=O) groups excluding carboxylic acids is 1. The molecular weight excluding hydrogens is 722 g/mol. The van der Waals surface area contributed by atoms with E-state index in [0.29, 0.717) is 22.3 Å². The van der Waals surface area contributed by atoms with Crippen LogP contribution in [0.5, 0.6) is 0 Å². The van der Waals surface area contributed by atoms with E-state index in [9.17, 15) is 9.90 Å². The predicted octanol–water partition coefficient (Wildman–Crippen LogP) is 5.12. The van der Waals surface area contributed by atoms with Crippen LogP contribution >= 0.6 is 90.4 Å². The summed E-state index contributed by atoms with van der Waals surface area (Å²) in [7, 11) is 0. The highest BCUT2D eigenvalue weighted by atomic mass is 127. The number of carbonyl (C=O) groups is 1. The van der Waals surface area contributed by atoms with Crippen molar-refractivity contribution in [1.29, 1.82) is 0 Å². The van der Waals surface area contributed by atoms with Crippen LogP contribution in [0.4, 0.5) is 0 Å². The lowest BCUT2D eigenvalue weighted by Gasteiger charge is -2.10. The first-order chi connectivity index (χ1) is 9.95. The van der Waals surface area contributed by atoms with Gasteiger partial charge < -0.3 is 5.11 Å². The van der Waals surface area contributed by atoms with Crippen molar-refractivity contribution >= 4 is 107 Å². The van der Waals surface area contributed by atoms with Crippen molar-refractivity contribution in [1.82, 2.24) is 4.98 Å². The molecule has 0 bridgehead atoms. The Morgan fingerprint density at radius 2 is 1.38 bits per heavy atom. The number of Topliss-reactive ketones (excluding diaryl/α,β-unsaturated/α-hetero) is 1. The topological polar surface area (TPSA) is 50.2 Å². The largest absolute Gasteiger partial charge is 0.506 e. The number of hydrogen-bond acceptors (Lipinski definition) is 3. The van der Waals surface area contributed by atoms with Crippen LogP contribution in [0.25, 0.3) is 11.3 Å². The highest BCUT2D eigenvalue weighted by molar-refractivity contribution is 14.1. The van der Waals surface area contributed by atoms with E-state index in [4.69, 9.17) is 0 Å². The van der Waals surface area contributed by atoms with Crippen LogP contribution in [-0.2, 0) is 0 Å². The summed E-state index contributed by atoms with van der Waals surface area (Å²) in [5.41, 5.74) is 2.32. The summed E-state index contributed by atoms with van der Waals surface area (Å²) in [6, 6.07) is 3.48. The molecule has 0 fully saturated rings. The van der Waals surface area contributed by atoms with Gasteiger partial charge in [0.2, 0.25) is 0 Å². The van der Waals surface area contributed by atoms with Gasteiger partial charge in [-0.25, -0.2) is 0 Å². The fraction of sp³-hybridized carbons (Fsp3) is 0. The first-order valence-corrected chi connectivity index (χ1v) is 10.0. The lowest BCUT2D eigenvalue weighted by molar-refractivity contribution is 0.105. The fourth-order valence-corrected chi connectivity index (χ4v) is 5.90. The third-order valence-electron chi connectivity index (χ3n) is 3.16. The number of fused-ring (bicyclic) bond motifs is 1. The van der Waals surface area contributed by atoms with Gasteiger partial charge in [-0.15, -0.1) is 0 Å². The van der Waals surface area contributed by atoms with E-state index in [1.165, 1.54) is 0 Å². The molecule has 0 amide bonds. The number of rotatable bonds is 1. The van der Waals surface area contributed by atoms with Gasteiger partial charge in [-0.3, -0.25) is 9.78 Å². The van der Waals surface area contributed by atoms with Crippen molar-refractivity contribution in [3.8, 4) is 0 Å². The summed E-state index contributed by atoms with van der Waals surface area (Å²) >= 11 is 8.87. The van der Waals surface area contributed by atoms with Crippen LogP contribution in [0.15, 0.2) is 24.5 Å². The first-order valence-electron chi connectivity index (χ1n) is 5.69. The second-order valence-corrected chi connectivity index (χ2v) is 8.61. The van der Waals surface area contributed by atoms with Crippen molar-refractivity contribution in [3.63, 3.8) is 0 Å². The number of aromatic nitrogens is 1. The van der Waals surface area contributed by atoms with E-state index in [1.54, 1.807) is 24.5 Å². The SMILES string of the molecule is O=C1C(c2ccncc2)=C(O)c2c(I)c(I)c(I)c(I)c21. The fourth-order valence-electron chi connectivity index (χ4n) is 2.21. The molecule has 1 heterocycles. The smallest absolute Gasteiger partial charge is 0.199 e. The molecule has 3 nitrogen and oxygen atoms in total. The van der Waals surface area contributed by atoms with Crippen molar-refractivity contribution in [2.24, 2.45) is 0 Å². The monoisotopic (exact) mass is 727 g/mol. The maximum Gasteiger partial charge on any atom is 0.199 e. The summed E-state index contributed by atoms with van der Waals surface area (Å²) in [6.45, 7) is 0. The van der Waals surface area contributed by atoms with Crippen LogP contribution in [-0.4, -0.2) is 15.9 Å². The van der Waals surface area contributed by atoms with E-state index >= 15 is 0 Å². The third kappa shape index (κ3) is 2.55. The van der Waals surface area contributed by atoms with Crippen molar-refractivity contribution < 1.29 is 9.90 Å². The Hall–Kier alpha value is 0.500. The van der Waals surface area contributed by atoms with Crippen molar-refractivity contribution in [2.75, 3.05) is 0 Å². The number of benzene rings is 1. The molecule has 0 saturated carbocycles. The van der Waals surface area contributed by atoms with Gasteiger partial charge in [-0.1, -0.05) is 0 Å². The quantitative estimate of drug-likeness (QED) is 0.253. The summed E-state index contributed by atoms with van der Waals surface area (Å²) < 4.78 is 3.93. The van der Waals surface area contributed by atoms with Gasteiger partial charge in [0, 0.05) is 37.8 Å². The first kappa shape index (κ1) is 16.4. The molecule has 0 unspecified atom stereocenters. The Labute approximate surface area is 175 Å². The lowest BCUT2D eigenvalue weighted by atomic mass is 10.0. The number of allylic oxidation sites excluding steroid dienone is 1. The molecule has 1 aliphatic carbocycles. The Kier molecular flexibility index (Phi) is 4.82. The molecule has 0 atom stereocenters. The molecular formula is C14H5I4NO2. The van der Waals surface area contributed by atoms with E-state index in [0.717, 1.165) is 14.3 Å². The number of pyridine rings is 1. The zero-order valence-corrected chi connectivity index (χ0v) is 18.8. The average molecular weight is 727 g/mol. The molecule has 0 spiro atoms. The molecule has 3 rings (SSSR count). The Balaban J connectivity index is 2.35.